The van der Waals surface area contributed by atoms with Crippen molar-refractivity contribution in [1.82, 2.24) is 14.5 Å². The average molecular weight is 243 g/mol. The Labute approximate surface area is 105 Å². The van der Waals surface area contributed by atoms with Gasteiger partial charge in [0.05, 0.1) is 0 Å². The Morgan fingerprint density at radius 3 is 2.75 bits per heavy atom. The van der Waals surface area contributed by atoms with Crippen LogP contribution in [0.5, 0.6) is 0 Å². The topological polar surface area (TPSA) is 18.5 Å². The van der Waals surface area contributed by atoms with Crippen molar-refractivity contribution in [2.45, 2.75) is 32.2 Å². The molecule has 0 aromatic heterocycles. The van der Waals surface area contributed by atoms with E-state index in [1.807, 2.05) is 0 Å². The highest BCUT2D eigenvalue weighted by molar-refractivity contribution is 7.77. The van der Waals surface area contributed by atoms with Crippen LogP contribution < -0.4 is 5.32 Å². The number of hydrogen-bond donors (Lipinski definition) is 2. The summed E-state index contributed by atoms with van der Waals surface area (Å²) in [6.07, 6.45) is 4.06. The zero-order valence-electron chi connectivity index (χ0n) is 10.4. The highest BCUT2D eigenvalue weighted by Gasteiger charge is 2.23. The van der Waals surface area contributed by atoms with E-state index < -0.39 is 0 Å². The maximum atomic E-state index is 4.48. The lowest BCUT2D eigenvalue weighted by Gasteiger charge is -2.36. The van der Waals surface area contributed by atoms with Gasteiger partial charge in [0.25, 0.3) is 0 Å². The molecule has 16 heavy (non-hydrogen) atoms. The average Bonchev–Trinajstić information content (AvgIpc) is 2.30. The number of nitrogens with zero attached hydrogens (tertiary/aromatic N) is 2. The van der Waals surface area contributed by atoms with E-state index in [4.69, 9.17) is 0 Å². The Morgan fingerprint density at radius 1 is 1.31 bits per heavy atom. The summed E-state index contributed by atoms with van der Waals surface area (Å²) in [5.74, 6) is 0.858. The molecule has 0 bridgehead atoms. The summed E-state index contributed by atoms with van der Waals surface area (Å²) >= 11 is 4.48. The summed E-state index contributed by atoms with van der Waals surface area (Å²) in [5, 5.41) is 3.42. The first-order chi connectivity index (χ1) is 7.75. The Hall–Kier alpha value is 0.230. The molecule has 2 heterocycles. The zero-order chi connectivity index (χ0) is 11.4. The molecule has 0 saturated carbocycles. The van der Waals surface area contributed by atoms with E-state index >= 15 is 0 Å². The summed E-state index contributed by atoms with van der Waals surface area (Å²) in [6.45, 7) is 9.50. The highest BCUT2D eigenvalue weighted by atomic mass is 32.1. The third-order valence-corrected chi connectivity index (χ3v) is 4.31. The monoisotopic (exact) mass is 243 g/mol. The first-order valence-electron chi connectivity index (χ1n) is 6.64. The normalized spacial score (nSPS) is 31.5. The summed E-state index contributed by atoms with van der Waals surface area (Å²) in [6, 6.07) is 0.743. The molecule has 3 nitrogen and oxygen atoms in total. The van der Waals surface area contributed by atoms with Gasteiger partial charge >= 0.3 is 0 Å². The largest absolute Gasteiger partial charge is 0.314 e. The fourth-order valence-corrected chi connectivity index (χ4v) is 3.36. The number of piperazine rings is 1. The molecule has 0 radical (unpaired) electrons. The first kappa shape index (κ1) is 12.7. The Balaban J connectivity index is 1.74. The number of thiol groups is 1. The second-order valence-electron chi connectivity index (χ2n) is 5.29. The van der Waals surface area contributed by atoms with Gasteiger partial charge in [0, 0.05) is 45.3 Å². The first-order valence-corrected chi connectivity index (χ1v) is 7.04. The van der Waals surface area contributed by atoms with E-state index in [9.17, 15) is 0 Å². The van der Waals surface area contributed by atoms with Gasteiger partial charge in [-0.1, -0.05) is 12.8 Å². The van der Waals surface area contributed by atoms with Crippen molar-refractivity contribution in [2.24, 2.45) is 5.92 Å². The van der Waals surface area contributed by atoms with Crippen LogP contribution in [0.1, 0.15) is 26.2 Å². The molecule has 2 aliphatic heterocycles. The smallest absolute Gasteiger partial charge is 0.0116 e. The number of hydrogen-bond acceptors (Lipinski definition) is 4. The van der Waals surface area contributed by atoms with Crippen LogP contribution >= 0.6 is 12.8 Å². The van der Waals surface area contributed by atoms with Crippen molar-refractivity contribution >= 4 is 12.8 Å². The minimum atomic E-state index is 0.743. The van der Waals surface area contributed by atoms with Gasteiger partial charge in [0.1, 0.15) is 0 Å². The summed E-state index contributed by atoms with van der Waals surface area (Å²) in [5.41, 5.74) is 0. The molecule has 1 N–H and O–H groups in total. The SMILES string of the molecule is CC(CC1CCCN(S)C1)N1CCNCC1. The van der Waals surface area contributed by atoms with E-state index in [1.165, 1.54) is 45.4 Å². The molecule has 2 unspecified atom stereocenters. The van der Waals surface area contributed by atoms with Crippen LogP contribution in [0.4, 0.5) is 0 Å². The lowest BCUT2D eigenvalue weighted by atomic mass is 9.92. The van der Waals surface area contributed by atoms with Crippen molar-refractivity contribution in [1.29, 1.82) is 0 Å². The van der Waals surface area contributed by atoms with Gasteiger partial charge in [-0.2, -0.15) is 0 Å². The van der Waals surface area contributed by atoms with Gasteiger partial charge in [0.15, 0.2) is 0 Å². The van der Waals surface area contributed by atoms with Gasteiger partial charge in [-0.15, -0.1) is 0 Å². The maximum Gasteiger partial charge on any atom is 0.0116 e. The molecule has 0 amide bonds. The van der Waals surface area contributed by atoms with E-state index in [-0.39, 0.29) is 0 Å². The lowest BCUT2D eigenvalue weighted by molar-refractivity contribution is 0.144. The Kier molecular flexibility index (Phi) is 4.95. The van der Waals surface area contributed by atoms with Crippen LogP contribution in [0, 0.1) is 5.92 Å². The second kappa shape index (κ2) is 6.24. The molecule has 2 aliphatic rings. The number of piperidine rings is 1. The van der Waals surface area contributed by atoms with Gasteiger partial charge in [-0.3, -0.25) is 9.21 Å². The third-order valence-electron chi connectivity index (χ3n) is 3.95. The van der Waals surface area contributed by atoms with Crippen LogP contribution in [0.25, 0.3) is 0 Å². The van der Waals surface area contributed by atoms with Gasteiger partial charge in [-0.25, -0.2) is 0 Å². The fraction of sp³-hybridized carbons (Fsp3) is 1.00. The zero-order valence-corrected chi connectivity index (χ0v) is 11.3. The third kappa shape index (κ3) is 3.62. The predicted octanol–water partition coefficient (Wildman–Crippen LogP) is 1.23. The van der Waals surface area contributed by atoms with E-state index in [0.717, 1.165) is 25.0 Å². The predicted molar refractivity (Wildman–Crippen MR) is 71.8 cm³/mol. The Morgan fingerprint density at radius 2 is 2.06 bits per heavy atom. The van der Waals surface area contributed by atoms with Crippen molar-refractivity contribution in [2.75, 3.05) is 39.3 Å². The molecule has 2 fully saturated rings. The number of rotatable bonds is 3. The van der Waals surface area contributed by atoms with Crippen molar-refractivity contribution < 1.29 is 0 Å². The molecule has 2 atom stereocenters. The minimum Gasteiger partial charge on any atom is -0.314 e. The molecular formula is C12H25N3S. The van der Waals surface area contributed by atoms with E-state index in [0.29, 0.717) is 0 Å². The number of nitrogens with one attached hydrogen (secondary N) is 1. The van der Waals surface area contributed by atoms with Crippen LogP contribution in [-0.2, 0) is 0 Å². The molecule has 0 aromatic carbocycles. The second-order valence-corrected chi connectivity index (χ2v) is 5.86. The highest BCUT2D eigenvalue weighted by Crippen LogP contribution is 2.23. The minimum absolute atomic E-state index is 0.743. The molecular weight excluding hydrogens is 218 g/mol. The van der Waals surface area contributed by atoms with Crippen LogP contribution in [0.2, 0.25) is 0 Å². The summed E-state index contributed by atoms with van der Waals surface area (Å²) < 4.78 is 2.19. The van der Waals surface area contributed by atoms with E-state index in [1.54, 1.807) is 0 Å². The van der Waals surface area contributed by atoms with Crippen molar-refractivity contribution in [3.8, 4) is 0 Å². The molecule has 94 valence electrons. The standard InChI is InChI=1S/C12H25N3S/c1-11(14-7-4-13-5-8-14)9-12-3-2-6-15(16)10-12/h11-13,16H,2-10H2,1H3. The molecule has 2 rings (SSSR count). The van der Waals surface area contributed by atoms with Crippen LogP contribution in [0.3, 0.4) is 0 Å². The van der Waals surface area contributed by atoms with Crippen molar-refractivity contribution in [3.05, 3.63) is 0 Å². The molecule has 0 aromatic rings. The molecule has 2 saturated heterocycles. The molecule has 0 spiro atoms. The van der Waals surface area contributed by atoms with Gasteiger partial charge in [0.2, 0.25) is 0 Å². The van der Waals surface area contributed by atoms with Gasteiger partial charge < -0.3 is 5.32 Å². The fourth-order valence-electron chi connectivity index (χ4n) is 2.99. The summed E-state index contributed by atoms with van der Waals surface area (Å²) in [7, 11) is 0. The molecule has 4 heteroatoms. The van der Waals surface area contributed by atoms with E-state index in [2.05, 4.69) is 34.3 Å². The van der Waals surface area contributed by atoms with Crippen molar-refractivity contribution in [3.63, 3.8) is 0 Å². The quantitative estimate of drug-likeness (QED) is 0.727. The van der Waals surface area contributed by atoms with Gasteiger partial charge in [-0.05, 0) is 32.1 Å². The van der Waals surface area contributed by atoms with Crippen LogP contribution in [0.15, 0.2) is 0 Å². The Bertz CT molecular complexity index is 206. The lowest BCUT2D eigenvalue weighted by Crippen LogP contribution is -2.48. The van der Waals surface area contributed by atoms with Crippen LogP contribution in [-0.4, -0.2) is 54.5 Å². The maximum absolute atomic E-state index is 4.48. The summed E-state index contributed by atoms with van der Waals surface area (Å²) in [4.78, 5) is 2.63. The molecule has 0 aliphatic carbocycles.